The molecule has 0 aromatic heterocycles. The Morgan fingerprint density at radius 1 is 1.12 bits per heavy atom. The van der Waals surface area contributed by atoms with Gasteiger partial charge in [0.1, 0.15) is 24.7 Å². The lowest BCUT2D eigenvalue weighted by atomic mass is 10.1. The van der Waals surface area contributed by atoms with Crippen LogP contribution in [-0.2, 0) is 20.9 Å². The fourth-order valence-electron chi connectivity index (χ4n) is 3.34. The molecule has 0 radical (unpaired) electrons. The first-order chi connectivity index (χ1) is 15.5. The number of ether oxygens (including phenoxy) is 2. The van der Waals surface area contributed by atoms with E-state index in [0.29, 0.717) is 43.2 Å². The van der Waals surface area contributed by atoms with E-state index < -0.39 is 11.1 Å². The summed E-state index contributed by atoms with van der Waals surface area (Å²) in [5, 5.41) is -0.485. The topological polar surface area (TPSA) is 76.2 Å². The molecule has 0 bridgehead atoms. The highest BCUT2D eigenvalue weighted by Gasteiger charge is 2.37. The van der Waals surface area contributed by atoms with Crippen LogP contribution in [0.2, 0.25) is 0 Å². The molecule has 4 rings (SSSR count). The fourth-order valence-corrected chi connectivity index (χ4v) is 4.17. The van der Waals surface area contributed by atoms with Crippen molar-refractivity contribution in [1.82, 2.24) is 9.80 Å². The SMILES string of the molecule is O=C(CN1C(=O)SC(=Cc2ccccc2OCc2cccc(F)c2)C1=O)N1CCOCC1. The van der Waals surface area contributed by atoms with Gasteiger partial charge in [-0.3, -0.25) is 19.3 Å². The highest BCUT2D eigenvalue weighted by atomic mass is 32.2. The Kier molecular flexibility index (Phi) is 6.87. The smallest absolute Gasteiger partial charge is 0.294 e. The summed E-state index contributed by atoms with van der Waals surface area (Å²) in [7, 11) is 0. The maximum absolute atomic E-state index is 13.4. The molecule has 0 atom stereocenters. The molecule has 0 unspecified atom stereocenters. The summed E-state index contributed by atoms with van der Waals surface area (Å²) < 4.78 is 24.4. The summed E-state index contributed by atoms with van der Waals surface area (Å²) in [6, 6.07) is 13.2. The molecule has 166 valence electrons. The standard InChI is InChI=1S/C23H21FN2O5S/c24-18-6-3-4-16(12-18)15-31-19-7-2-1-5-17(19)13-20-22(28)26(23(29)32-20)14-21(27)25-8-10-30-11-9-25/h1-7,12-13H,8-11,14-15H2. The number of carbonyl (C=O) groups excluding carboxylic acids is 3. The lowest BCUT2D eigenvalue weighted by molar-refractivity contribution is -0.139. The van der Waals surface area contributed by atoms with Crippen molar-refractivity contribution in [1.29, 1.82) is 0 Å². The van der Waals surface area contributed by atoms with Crippen molar-refractivity contribution in [3.05, 3.63) is 70.4 Å². The van der Waals surface area contributed by atoms with Gasteiger partial charge in [-0.05, 0) is 41.6 Å². The van der Waals surface area contributed by atoms with Gasteiger partial charge < -0.3 is 14.4 Å². The molecule has 2 saturated heterocycles. The molecule has 2 aromatic rings. The molecule has 2 aliphatic heterocycles. The van der Waals surface area contributed by atoms with Gasteiger partial charge in [-0.1, -0.05) is 30.3 Å². The van der Waals surface area contributed by atoms with Crippen LogP contribution in [0.1, 0.15) is 11.1 Å². The molecule has 0 N–H and O–H groups in total. The number of para-hydroxylation sites is 1. The second-order valence-electron chi connectivity index (χ2n) is 7.22. The summed E-state index contributed by atoms with van der Waals surface area (Å²) >= 11 is 0.788. The Bertz CT molecular complexity index is 1070. The van der Waals surface area contributed by atoms with Gasteiger partial charge in [0.15, 0.2) is 0 Å². The summed E-state index contributed by atoms with van der Waals surface area (Å²) in [5.41, 5.74) is 1.27. The normalized spacial score (nSPS) is 17.8. The Morgan fingerprint density at radius 2 is 1.91 bits per heavy atom. The Labute approximate surface area is 188 Å². The summed E-state index contributed by atoms with van der Waals surface area (Å²) in [4.78, 5) is 40.4. The van der Waals surface area contributed by atoms with Crippen LogP contribution in [0.15, 0.2) is 53.4 Å². The van der Waals surface area contributed by atoms with Crippen molar-refractivity contribution in [3.8, 4) is 5.75 Å². The number of benzene rings is 2. The number of thioether (sulfide) groups is 1. The molecular formula is C23H21FN2O5S. The van der Waals surface area contributed by atoms with E-state index in [1.807, 2.05) is 0 Å². The maximum atomic E-state index is 13.4. The van der Waals surface area contributed by atoms with E-state index in [1.165, 1.54) is 12.1 Å². The Morgan fingerprint density at radius 3 is 2.69 bits per heavy atom. The van der Waals surface area contributed by atoms with Crippen molar-refractivity contribution in [2.24, 2.45) is 0 Å². The van der Waals surface area contributed by atoms with E-state index in [0.717, 1.165) is 16.7 Å². The largest absolute Gasteiger partial charge is 0.488 e. The minimum Gasteiger partial charge on any atom is -0.488 e. The quantitative estimate of drug-likeness (QED) is 0.621. The van der Waals surface area contributed by atoms with Gasteiger partial charge in [0.05, 0.1) is 18.1 Å². The van der Waals surface area contributed by atoms with Gasteiger partial charge in [0.2, 0.25) is 5.91 Å². The zero-order valence-electron chi connectivity index (χ0n) is 17.2. The lowest BCUT2D eigenvalue weighted by Gasteiger charge is -2.28. The maximum Gasteiger partial charge on any atom is 0.294 e. The first kappa shape index (κ1) is 22.0. The first-order valence-electron chi connectivity index (χ1n) is 10.1. The number of imide groups is 1. The number of halogens is 1. The fraction of sp³-hybridized carbons (Fsp3) is 0.261. The van der Waals surface area contributed by atoms with Crippen LogP contribution in [0.4, 0.5) is 9.18 Å². The average molecular weight is 456 g/mol. The molecule has 0 spiro atoms. The molecule has 32 heavy (non-hydrogen) atoms. The van der Waals surface area contributed by atoms with E-state index in [1.54, 1.807) is 47.4 Å². The minimum absolute atomic E-state index is 0.151. The first-order valence-corrected chi connectivity index (χ1v) is 10.9. The summed E-state index contributed by atoms with van der Waals surface area (Å²) in [6.07, 6.45) is 1.57. The molecule has 2 fully saturated rings. The van der Waals surface area contributed by atoms with E-state index in [9.17, 15) is 18.8 Å². The van der Waals surface area contributed by atoms with Crippen molar-refractivity contribution in [2.75, 3.05) is 32.8 Å². The summed E-state index contributed by atoms with van der Waals surface area (Å²) in [5.74, 6) is -0.648. The van der Waals surface area contributed by atoms with Crippen molar-refractivity contribution < 1.29 is 28.2 Å². The zero-order valence-corrected chi connectivity index (χ0v) is 18.0. The van der Waals surface area contributed by atoms with E-state index in [-0.39, 0.29) is 29.8 Å². The minimum atomic E-state index is -0.512. The second kappa shape index (κ2) is 9.97. The predicted molar refractivity (Wildman–Crippen MR) is 117 cm³/mol. The van der Waals surface area contributed by atoms with Crippen LogP contribution < -0.4 is 4.74 Å². The predicted octanol–water partition coefficient (Wildman–Crippen LogP) is 3.30. The van der Waals surface area contributed by atoms with Crippen molar-refractivity contribution in [3.63, 3.8) is 0 Å². The molecule has 3 amide bonds. The molecule has 0 saturated carbocycles. The Hall–Kier alpha value is -3.17. The Balaban J connectivity index is 1.46. The van der Waals surface area contributed by atoms with E-state index in [2.05, 4.69) is 0 Å². The monoisotopic (exact) mass is 456 g/mol. The third-order valence-corrected chi connectivity index (χ3v) is 5.93. The number of nitrogens with zero attached hydrogens (tertiary/aromatic N) is 2. The van der Waals surface area contributed by atoms with Gasteiger partial charge in [-0.2, -0.15) is 0 Å². The van der Waals surface area contributed by atoms with E-state index >= 15 is 0 Å². The number of amides is 3. The highest BCUT2D eigenvalue weighted by Crippen LogP contribution is 2.34. The highest BCUT2D eigenvalue weighted by molar-refractivity contribution is 8.18. The molecule has 0 aliphatic carbocycles. The number of rotatable bonds is 6. The van der Waals surface area contributed by atoms with Crippen molar-refractivity contribution >= 4 is 34.9 Å². The average Bonchev–Trinajstić information content (AvgIpc) is 3.06. The van der Waals surface area contributed by atoms with Crippen LogP contribution in [0.5, 0.6) is 5.75 Å². The number of hydrogen-bond donors (Lipinski definition) is 0. The van der Waals surface area contributed by atoms with Gasteiger partial charge in [-0.25, -0.2) is 4.39 Å². The van der Waals surface area contributed by atoms with Crippen molar-refractivity contribution in [2.45, 2.75) is 6.61 Å². The summed E-state index contributed by atoms with van der Waals surface area (Å²) in [6.45, 7) is 1.64. The molecule has 7 nitrogen and oxygen atoms in total. The van der Waals surface area contributed by atoms with E-state index in [4.69, 9.17) is 9.47 Å². The third-order valence-electron chi connectivity index (χ3n) is 5.02. The lowest BCUT2D eigenvalue weighted by Crippen LogP contribution is -2.46. The van der Waals surface area contributed by atoms with Crippen LogP contribution in [0.25, 0.3) is 6.08 Å². The van der Waals surface area contributed by atoms with Crippen LogP contribution in [0, 0.1) is 5.82 Å². The molecule has 2 aromatic carbocycles. The van der Waals surface area contributed by atoms with Gasteiger partial charge in [-0.15, -0.1) is 0 Å². The number of morpholine rings is 1. The third kappa shape index (κ3) is 5.17. The van der Waals surface area contributed by atoms with Crippen LogP contribution in [-0.4, -0.2) is 59.7 Å². The van der Waals surface area contributed by atoms with Gasteiger partial charge >= 0.3 is 0 Å². The molecule has 2 heterocycles. The second-order valence-corrected chi connectivity index (χ2v) is 8.21. The molecular weight excluding hydrogens is 435 g/mol. The molecule has 9 heteroatoms. The van der Waals surface area contributed by atoms with Gasteiger partial charge in [0.25, 0.3) is 11.1 Å². The molecule has 2 aliphatic rings. The number of carbonyl (C=O) groups is 3. The number of hydrogen-bond acceptors (Lipinski definition) is 6. The van der Waals surface area contributed by atoms with Crippen LogP contribution in [0.3, 0.4) is 0 Å². The van der Waals surface area contributed by atoms with Gasteiger partial charge in [0, 0.05) is 18.7 Å². The van der Waals surface area contributed by atoms with Crippen LogP contribution >= 0.6 is 11.8 Å². The zero-order chi connectivity index (χ0) is 22.5.